The van der Waals surface area contributed by atoms with Crippen LogP contribution in [0, 0.1) is 17.3 Å². The van der Waals surface area contributed by atoms with Gasteiger partial charge in [-0.05, 0) is 50.5 Å². The average molecular weight is 180 g/mol. The highest BCUT2D eigenvalue weighted by molar-refractivity contribution is 5.10. The van der Waals surface area contributed by atoms with E-state index in [1.165, 1.54) is 45.2 Å². The van der Waals surface area contributed by atoms with Crippen molar-refractivity contribution >= 4 is 0 Å². The highest BCUT2D eigenvalue weighted by Gasteiger charge is 2.56. The highest BCUT2D eigenvalue weighted by Crippen LogP contribution is 2.57. The van der Waals surface area contributed by atoms with Gasteiger partial charge in [0.05, 0.1) is 0 Å². The van der Waals surface area contributed by atoms with Gasteiger partial charge in [0.25, 0.3) is 0 Å². The van der Waals surface area contributed by atoms with Gasteiger partial charge >= 0.3 is 0 Å². The zero-order valence-corrected chi connectivity index (χ0v) is 8.26. The number of hydrogen-bond donors (Lipinski definition) is 2. The largest absolute Gasteiger partial charge is 0.327 e. The van der Waals surface area contributed by atoms with Crippen LogP contribution >= 0.6 is 0 Å². The third kappa shape index (κ3) is 0.962. The van der Waals surface area contributed by atoms with Crippen LogP contribution in [0.1, 0.15) is 32.1 Å². The molecule has 2 heteroatoms. The standard InChI is InChI=1S/C11H20N2/c12-10-8-2-3-9(6-8)11(10)4-1-5-13-7-11/h8-10,13H,1-7,12H2/t8-,9?,10-,11?/m1/s1. The molecular formula is C11H20N2. The van der Waals surface area contributed by atoms with Crippen LogP contribution < -0.4 is 11.1 Å². The molecule has 0 aromatic heterocycles. The number of hydrogen-bond acceptors (Lipinski definition) is 2. The molecule has 13 heavy (non-hydrogen) atoms. The number of fused-ring (bicyclic) bond motifs is 3. The summed E-state index contributed by atoms with van der Waals surface area (Å²) in [7, 11) is 0. The van der Waals surface area contributed by atoms with Crippen molar-refractivity contribution < 1.29 is 0 Å². The van der Waals surface area contributed by atoms with Crippen molar-refractivity contribution in [3.8, 4) is 0 Å². The number of nitrogens with one attached hydrogen (secondary N) is 1. The molecule has 1 aliphatic heterocycles. The van der Waals surface area contributed by atoms with Gasteiger partial charge in [0, 0.05) is 18.0 Å². The molecule has 2 saturated carbocycles. The molecule has 2 unspecified atom stereocenters. The van der Waals surface area contributed by atoms with Crippen LogP contribution in [0.15, 0.2) is 0 Å². The van der Waals surface area contributed by atoms with Crippen molar-refractivity contribution in [3.05, 3.63) is 0 Å². The van der Waals surface area contributed by atoms with E-state index >= 15 is 0 Å². The van der Waals surface area contributed by atoms with Crippen molar-refractivity contribution in [2.75, 3.05) is 13.1 Å². The molecule has 2 bridgehead atoms. The Morgan fingerprint density at radius 3 is 2.85 bits per heavy atom. The molecule has 0 aromatic rings. The molecule has 0 radical (unpaired) electrons. The quantitative estimate of drug-likeness (QED) is 0.586. The minimum atomic E-state index is 0.513. The van der Waals surface area contributed by atoms with Crippen LogP contribution in [0.25, 0.3) is 0 Å². The van der Waals surface area contributed by atoms with Crippen LogP contribution in [-0.2, 0) is 0 Å². The SMILES string of the molecule is N[C@@H]1[C@@H]2CCC(C2)C12CCCNC2. The maximum atomic E-state index is 6.39. The molecule has 2 aliphatic carbocycles. The fourth-order valence-electron chi connectivity index (χ4n) is 4.19. The molecule has 0 amide bonds. The lowest BCUT2D eigenvalue weighted by atomic mass is 9.66. The van der Waals surface area contributed by atoms with Gasteiger partial charge in [-0.1, -0.05) is 0 Å². The van der Waals surface area contributed by atoms with Gasteiger partial charge in [-0.25, -0.2) is 0 Å². The lowest BCUT2D eigenvalue weighted by Crippen LogP contribution is -2.54. The first kappa shape index (κ1) is 8.25. The van der Waals surface area contributed by atoms with E-state index in [2.05, 4.69) is 5.32 Å². The smallest absolute Gasteiger partial charge is 0.0139 e. The fraction of sp³-hybridized carbons (Fsp3) is 1.00. The summed E-state index contributed by atoms with van der Waals surface area (Å²) < 4.78 is 0. The Hall–Kier alpha value is -0.0800. The second-order valence-electron chi connectivity index (χ2n) is 5.31. The Kier molecular flexibility index (Phi) is 1.72. The summed E-state index contributed by atoms with van der Waals surface area (Å²) in [5.41, 5.74) is 6.90. The van der Waals surface area contributed by atoms with E-state index in [9.17, 15) is 0 Å². The summed E-state index contributed by atoms with van der Waals surface area (Å²) in [5, 5.41) is 3.55. The average Bonchev–Trinajstić information content (AvgIpc) is 2.73. The van der Waals surface area contributed by atoms with E-state index in [1.807, 2.05) is 0 Å². The maximum Gasteiger partial charge on any atom is 0.0139 e. The minimum absolute atomic E-state index is 0.513. The molecule has 3 fully saturated rings. The summed E-state index contributed by atoms with van der Waals surface area (Å²) in [5.74, 6) is 1.82. The van der Waals surface area contributed by atoms with E-state index in [1.54, 1.807) is 0 Å². The van der Waals surface area contributed by atoms with Crippen molar-refractivity contribution in [1.82, 2.24) is 5.32 Å². The zero-order chi connectivity index (χ0) is 8.89. The van der Waals surface area contributed by atoms with E-state index in [0.717, 1.165) is 11.8 Å². The van der Waals surface area contributed by atoms with Gasteiger partial charge in [0.15, 0.2) is 0 Å². The highest BCUT2D eigenvalue weighted by atomic mass is 14.9. The fourth-order valence-corrected chi connectivity index (χ4v) is 4.19. The summed E-state index contributed by atoms with van der Waals surface area (Å²) in [6.07, 6.45) is 7.04. The lowest BCUT2D eigenvalue weighted by Gasteiger charge is -2.45. The van der Waals surface area contributed by atoms with Gasteiger partial charge in [-0.15, -0.1) is 0 Å². The first-order chi connectivity index (χ1) is 6.33. The third-order valence-corrected chi connectivity index (χ3v) is 4.91. The Bertz CT molecular complexity index is 204. The van der Waals surface area contributed by atoms with Crippen molar-refractivity contribution in [2.24, 2.45) is 23.0 Å². The zero-order valence-electron chi connectivity index (χ0n) is 8.26. The Labute approximate surface area is 80.3 Å². The van der Waals surface area contributed by atoms with Gasteiger partial charge in [0.2, 0.25) is 0 Å². The summed E-state index contributed by atoms with van der Waals surface area (Å²) >= 11 is 0. The molecule has 3 rings (SSSR count). The molecule has 1 heterocycles. The monoisotopic (exact) mass is 180 g/mol. The predicted octanol–water partition coefficient (Wildman–Crippen LogP) is 1.11. The third-order valence-electron chi connectivity index (χ3n) is 4.91. The Morgan fingerprint density at radius 2 is 2.23 bits per heavy atom. The lowest BCUT2D eigenvalue weighted by molar-refractivity contribution is 0.0931. The van der Waals surface area contributed by atoms with Crippen LogP contribution in [0.4, 0.5) is 0 Å². The topological polar surface area (TPSA) is 38.0 Å². The van der Waals surface area contributed by atoms with E-state index in [0.29, 0.717) is 11.5 Å². The second-order valence-corrected chi connectivity index (χ2v) is 5.31. The summed E-state index contributed by atoms with van der Waals surface area (Å²) in [6.45, 7) is 2.42. The van der Waals surface area contributed by atoms with E-state index in [4.69, 9.17) is 5.73 Å². The van der Waals surface area contributed by atoms with Gasteiger partial charge < -0.3 is 11.1 Å². The van der Waals surface area contributed by atoms with Crippen molar-refractivity contribution in [3.63, 3.8) is 0 Å². The van der Waals surface area contributed by atoms with Crippen LogP contribution in [0.5, 0.6) is 0 Å². The van der Waals surface area contributed by atoms with Crippen molar-refractivity contribution in [2.45, 2.75) is 38.1 Å². The molecule has 3 aliphatic rings. The Balaban J connectivity index is 1.88. The number of rotatable bonds is 0. The van der Waals surface area contributed by atoms with Gasteiger partial charge in [0.1, 0.15) is 0 Å². The second kappa shape index (κ2) is 2.71. The van der Waals surface area contributed by atoms with Crippen LogP contribution in [-0.4, -0.2) is 19.1 Å². The molecular weight excluding hydrogens is 160 g/mol. The number of nitrogens with two attached hydrogens (primary N) is 1. The van der Waals surface area contributed by atoms with Gasteiger partial charge in [-0.3, -0.25) is 0 Å². The maximum absolute atomic E-state index is 6.39. The van der Waals surface area contributed by atoms with Crippen LogP contribution in [0.2, 0.25) is 0 Å². The first-order valence-corrected chi connectivity index (χ1v) is 5.79. The predicted molar refractivity (Wildman–Crippen MR) is 53.3 cm³/mol. The van der Waals surface area contributed by atoms with E-state index in [-0.39, 0.29) is 0 Å². The first-order valence-electron chi connectivity index (χ1n) is 5.79. The molecule has 2 nitrogen and oxygen atoms in total. The molecule has 0 aromatic carbocycles. The summed E-state index contributed by atoms with van der Waals surface area (Å²) in [4.78, 5) is 0. The molecule has 3 N–H and O–H groups in total. The van der Waals surface area contributed by atoms with Crippen LogP contribution in [0.3, 0.4) is 0 Å². The molecule has 1 saturated heterocycles. The van der Waals surface area contributed by atoms with E-state index < -0.39 is 0 Å². The normalized spacial score (nSPS) is 54.7. The molecule has 1 spiro atoms. The number of piperidine rings is 1. The van der Waals surface area contributed by atoms with Crippen molar-refractivity contribution in [1.29, 1.82) is 0 Å². The van der Waals surface area contributed by atoms with Gasteiger partial charge in [-0.2, -0.15) is 0 Å². The molecule has 74 valence electrons. The Morgan fingerprint density at radius 1 is 1.31 bits per heavy atom. The summed E-state index contributed by atoms with van der Waals surface area (Å²) in [6, 6.07) is 0.513. The molecule has 4 atom stereocenters. The minimum Gasteiger partial charge on any atom is -0.327 e.